The maximum Gasteiger partial charge on any atom is 0.308 e. The van der Waals surface area contributed by atoms with Crippen LogP contribution in [0, 0.1) is 5.92 Å². The molecule has 1 unspecified atom stereocenters. The van der Waals surface area contributed by atoms with Gasteiger partial charge in [0.15, 0.2) is 0 Å². The molecule has 25 heavy (non-hydrogen) atoms. The summed E-state index contributed by atoms with van der Waals surface area (Å²) in [6, 6.07) is 0. The fourth-order valence-corrected chi connectivity index (χ4v) is 2.09. The molecule has 0 bridgehead atoms. The minimum Gasteiger partial charge on any atom is -0.466 e. The van der Waals surface area contributed by atoms with E-state index in [9.17, 15) is 4.79 Å². The fraction of sp³-hybridized carbons (Fsp3) is 0.522. The predicted octanol–water partition coefficient (Wildman–Crippen LogP) is 6.72. The van der Waals surface area contributed by atoms with Crippen molar-refractivity contribution in [1.29, 1.82) is 0 Å². The molecule has 0 aromatic heterocycles. The molecule has 2 heteroatoms. The van der Waals surface area contributed by atoms with Crippen LogP contribution in [0.5, 0.6) is 0 Å². The molecular weight excluding hydrogens is 308 g/mol. The molecule has 0 saturated heterocycles. The quantitative estimate of drug-likeness (QED) is 0.199. The highest BCUT2D eigenvalue weighted by Gasteiger charge is 2.11. The van der Waals surface area contributed by atoms with Crippen LogP contribution in [0.3, 0.4) is 0 Å². The summed E-state index contributed by atoms with van der Waals surface area (Å²) in [7, 11) is 0. The standard InChI is InChI=1S/C23H36O2/c1-4-6-7-8-9-10-11-12-13-14-15-16-17-18-19-20-21-22(3)23(24)25-5-2/h6-7,9-10,12-13,15-16,19-20,22H,4-5,8,11,14,17-18,21H2,1-3H3/b7-6-,10-9-,13-12-,16-15-,20-19+. The normalized spacial score (nSPS) is 13.9. The first-order valence-corrected chi connectivity index (χ1v) is 9.63. The number of rotatable bonds is 14. The molecule has 0 aromatic rings. The monoisotopic (exact) mass is 344 g/mol. The molecule has 0 spiro atoms. The van der Waals surface area contributed by atoms with Crippen LogP contribution < -0.4 is 0 Å². The Morgan fingerprint density at radius 3 is 1.76 bits per heavy atom. The van der Waals surface area contributed by atoms with Crippen LogP contribution in [-0.2, 0) is 9.53 Å². The van der Waals surface area contributed by atoms with E-state index in [2.05, 4.69) is 67.7 Å². The summed E-state index contributed by atoms with van der Waals surface area (Å²) in [4.78, 5) is 11.5. The molecule has 0 aliphatic carbocycles. The van der Waals surface area contributed by atoms with Gasteiger partial charge in [-0.1, -0.05) is 74.6 Å². The lowest BCUT2D eigenvalue weighted by Gasteiger charge is -2.06. The van der Waals surface area contributed by atoms with Crippen molar-refractivity contribution in [3.05, 3.63) is 60.8 Å². The predicted molar refractivity (Wildman–Crippen MR) is 109 cm³/mol. The van der Waals surface area contributed by atoms with Gasteiger partial charge in [-0.3, -0.25) is 4.79 Å². The molecule has 0 aliphatic rings. The van der Waals surface area contributed by atoms with Gasteiger partial charge in [0.05, 0.1) is 12.5 Å². The summed E-state index contributed by atoms with van der Waals surface area (Å²) in [6.07, 6.45) is 28.9. The Kier molecular flexibility index (Phi) is 17.2. The molecule has 140 valence electrons. The van der Waals surface area contributed by atoms with Gasteiger partial charge in [-0.05, 0) is 51.9 Å². The number of hydrogen-bond acceptors (Lipinski definition) is 2. The van der Waals surface area contributed by atoms with Crippen LogP contribution in [0.1, 0.15) is 65.7 Å². The van der Waals surface area contributed by atoms with Crippen molar-refractivity contribution in [3.8, 4) is 0 Å². The number of unbranched alkanes of at least 4 members (excludes halogenated alkanes) is 1. The van der Waals surface area contributed by atoms with Crippen LogP contribution in [0.15, 0.2) is 60.8 Å². The minimum absolute atomic E-state index is 0.0476. The molecule has 0 radical (unpaired) electrons. The van der Waals surface area contributed by atoms with Gasteiger partial charge in [-0.25, -0.2) is 0 Å². The summed E-state index contributed by atoms with van der Waals surface area (Å²) in [5.74, 6) is -0.153. The van der Waals surface area contributed by atoms with E-state index >= 15 is 0 Å². The number of esters is 1. The van der Waals surface area contributed by atoms with Crippen molar-refractivity contribution in [3.63, 3.8) is 0 Å². The van der Waals surface area contributed by atoms with E-state index in [0.29, 0.717) is 6.61 Å². The van der Waals surface area contributed by atoms with Crippen molar-refractivity contribution < 1.29 is 9.53 Å². The first kappa shape index (κ1) is 23.2. The third-order valence-corrected chi connectivity index (χ3v) is 3.56. The Labute approximate surface area is 155 Å². The first-order valence-electron chi connectivity index (χ1n) is 9.63. The second-order valence-corrected chi connectivity index (χ2v) is 5.94. The molecule has 1 atom stereocenters. The van der Waals surface area contributed by atoms with E-state index in [4.69, 9.17) is 4.74 Å². The van der Waals surface area contributed by atoms with E-state index in [-0.39, 0.29) is 11.9 Å². The van der Waals surface area contributed by atoms with Crippen LogP contribution in [-0.4, -0.2) is 12.6 Å². The first-order chi connectivity index (χ1) is 12.2. The van der Waals surface area contributed by atoms with Gasteiger partial charge in [0.2, 0.25) is 0 Å². The highest BCUT2D eigenvalue weighted by atomic mass is 16.5. The second-order valence-electron chi connectivity index (χ2n) is 5.94. The molecule has 0 amide bonds. The molecule has 0 aliphatic heterocycles. The van der Waals surface area contributed by atoms with E-state index in [1.165, 1.54) is 0 Å². The zero-order valence-electron chi connectivity index (χ0n) is 16.3. The van der Waals surface area contributed by atoms with Gasteiger partial charge >= 0.3 is 5.97 Å². The van der Waals surface area contributed by atoms with Crippen LogP contribution in [0.4, 0.5) is 0 Å². The summed E-state index contributed by atoms with van der Waals surface area (Å²) in [5.41, 5.74) is 0. The van der Waals surface area contributed by atoms with Crippen molar-refractivity contribution in [2.24, 2.45) is 5.92 Å². The lowest BCUT2D eigenvalue weighted by molar-refractivity contribution is -0.147. The maximum absolute atomic E-state index is 11.5. The number of ether oxygens (including phenoxy) is 1. The molecule has 0 fully saturated rings. The fourth-order valence-electron chi connectivity index (χ4n) is 2.09. The Morgan fingerprint density at radius 1 is 0.760 bits per heavy atom. The summed E-state index contributed by atoms with van der Waals surface area (Å²) in [5, 5.41) is 0. The average molecular weight is 345 g/mol. The molecule has 2 nitrogen and oxygen atoms in total. The van der Waals surface area contributed by atoms with Crippen molar-refractivity contribution in [2.45, 2.75) is 65.7 Å². The molecule has 0 saturated carbocycles. The molecule has 0 N–H and O–H groups in total. The Bertz CT molecular complexity index is 453. The Balaban J connectivity index is 3.60. The van der Waals surface area contributed by atoms with Crippen LogP contribution >= 0.6 is 0 Å². The van der Waals surface area contributed by atoms with Gasteiger partial charge in [0.25, 0.3) is 0 Å². The number of carbonyl (C=O) groups is 1. The van der Waals surface area contributed by atoms with Crippen LogP contribution in [0.2, 0.25) is 0 Å². The lowest BCUT2D eigenvalue weighted by Crippen LogP contribution is -2.13. The Morgan fingerprint density at radius 2 is 1.24 bits per heavy atom. The van der Waals surface area contributed by atoms with E-state index in [0.717, 1.165) is 44.9 Å². The van der Waals surface area contributed by atoms with Gasteiger partial charge < -0.3 is 4.74 Å². The number of hydrogen-bond donors (Lipinski definition) is 0. The van der Waals surface area contributed by atoms with Crippen molar-refractivity contribution in [2.75, 3.05) is 6.61 Å². The van der Waals surface area contributed by atoms with Crippen LogP contribution in [0.25, 0.3) is 0 Å². The highest BCUT2D eigenvalue weighted by Crippen LogP contribution is 2.06. The van der Waals surface area contributed by atoms with Gasteiger partial charge in [0.1, 0.15) is 0 Å². The van der Waals surface area contributed by atoms with Gasteiger partial charge in [-0.2, -0.15) is 0 Å². The lowest BCUT2D eigenvalue weighted by atomic mass is 10.1. The summed E-state index contributed by atoms with van der Waals surface area (Å²) >= 11 is 0. The number of carbonyl (C=O) groups excluding carboxylic acids is 1. The largest absolute Gasteiger partial charge is 0.466 e. The van der Waals surface area contributed by atoms with E-state index in [1.807, 2.05) is 13.8 Å². The molecule has 0 heterocycles. The zero-order valence-corrected chi connectivity index (χ0v) is 16.3. The topological polar surface area (TPSA) is 26.3 Å². The Hall–Kier alpha value is -1.83. The van der Waals surface area contributed by atoms with Crippen molar-refractivity contribution in [1.82, 2.24) is 0 Å². The third kappa shape index (κ3) is 16.8. The third-order valence-electron chi connectivity index (χ3n) is 3.56. The number of allylic oxidation sites excluding steroid dienone is 10. The minimum atomic E-state index is -0.105. The van der Waals surface area contributed by atoms with Crippen molar-refractivity contribution >= 4 is 5.97 Å². The smallest absolute Gasteiger partial charge is 0.308 e. The maximum atomic E-state index is 11.5. The van der Waals surface area contributed by atoms with E-state index < -0.39 is 0 Å². The second kappa shape index (κ2) is 18.5. The molecular formula is C23H36O2. The summed E-state index contributed by atoms with van der Waals surface area (Å²) in [6.45, 7) is 6.36. The SMILES string of the molecule is CC/C=C\C/C=C\C/C=C\C/C=C\CC/C=C/CC(C)C(=O)OCC. The highest BCUT2D eigenvalue weighted by molar-refractivity contribution is 5.72. The van der Waals surface area contributed by atoms with E-state index in [1.54, 1.807) is 0 Å². The molecule has 0 rings (SSSR count). The van der Waals surface area contributed by atoms with Gasteiger partial charge in [0, 0.05) is 0 Å². The summed E-state index contributed by atoms with van der Waals surface area (Å²) < 4.78 is 4.99. The zero-order chi connectivity index (χ0) is 18.6. The molecule has 0 aromatic carbocycles. The van der Waals surface area contributed by atoms with Gasteiger partial charge in [-0.15, -0.1) is 0 Å². The average Bonchev–Trinajstić information content (AvgIpc) is 2.61.